The molecule has 0 saturated heterocycles. The first kappa shape index (κ1) is 18.3. The highest BCUT2D eigenvalue weighted by Gasteiger charge is 2.10. The Bertz CT molecular complexity index is 882. The summed E-state index contributed by atoms with van der Waals surface area (Å²) < 4.78 is 12.4. The van der Waals surface area contributed by atoms with Crippen LogP contribution < -0.4 is 4.74 Å². The van der Waals surface area contributed by atoms with Crippen LogP contribution in [0.1, 0.15) is 13.8 Å². The molecule has 0 aliphatic rings. The lowest BCUT2D eigenvalue weighted by Gasteiger charge is -2.10. The zero-order valence-electron chi connectivity index (χ0n) is 15.0. The monoisotopic (exact) mass is 366 g/mol. The van der Waals surface area contributed by atoms with Crippen LogP contribution in [0.3, 0.4) is 0 Å². The molecule has 0 bridgehead atoms. The van der Waals surface area contributed by atoms with E-state index in [-0.39, 0.29) is 0 Å². The van der Waals surface area contributed by atoms with Crippen molar-refractivity contribution in [2.45, 2.75) is 13.8 Å². The molecule has 134 valence electrons. The molecule has 1 heterocycles. The van der Waals surface area contributed by atoms with Gasteiger partial charge in [-0.25, -0.2) is 4.98 Å². The molecule has 0 N–H and O–H groups in total. The highest BCUT2D eigenvalue weighted by atomic mass is 32.1. The minimum Gasteiger partial charge on any atom is -0.489 e. The van der Waals surface area contributed by atoms with E-state index in [2.05, 4.69) is 11.1 Å². The second-order valence-corrected chi connectivity index (χ2v) is 6.55. The summed E-state index contributed by atoms with van der Waals surface area (Å²) >= 11 is 1.68. The van der Waals surface area contributed by atoms with Gasteiger partial charge in [-0.1, -0.05) is 18.2 Å². The second-order valence-electron chi connectivity index (χ2n) is 5.52. The van der Waals surface area contributed by atoms with Gasteiger partial charge in [-0.15, -0.1) is 11.3 Å². The van der Waals surface area contributed by atoms with Crippen molar-refractivity contribution in [2.24, 2.45) is 4.99 Å². The normalized spacial score (nSPS) is 11.8. The predicted molar refractivity (Wildman–Crippen MR) is 110 cm³/mol. The number of fused-ring (bicyclic) bond motifs is 1. The van der Waals surface area contributed by atoms with Gasteiger partial charge in [-0.05, 0) is 50.3 Å². The van der Waals surface area contributed by atoms with Crippen LogP contribution in [0.2, 0.25) is 0 Å². The SMILES string of the molecule is C/C=C/C=Nc1cc(-c2nc3ccccc3s2)ccc1OCCOCC. The molecule has 0 atom stereocenters. The Labute approximate surface area is 157 Å². The molecule has 0 aliphatic carbocycles. The summed E-state index contributed by atoms with van der Waals surface area (Å²) in [5.74, 6) is 0.746. The van der Waals surface area contributed by atoms with Gasteiger partial charge in [0.25, 0.3) is 0 Å². The molecular weight excluding hydrogens is 344 g/mol. The number of para-hydroxylation sites is 1. The third-order valence-corrected chi connectivity index (χ3v) is 4.77. The van der Waals surface area contributed by atoms with Gasteiger partial charge in [0.05, 0.1) is 16.8 Å². The lowest BCUT2D eigenvalue weighted by Crippen LogP contribution is -2.06. The molecular formula is C21H22N2O2S. The summed E-state index contributed by atoms with van der Waals surface area (Å²) in [6.45, 7) is 5.68. The summed E-state index contributed by atoms with van der Waals surface area (Å²) in [6.07, 6.45) is 5.61. The van der Waals surface area contributed by atoms with Crippen molar-refractivity contribution in [1.82, 2.24) is 4.98 Å². The third-order valence-electron chi connectivity index (χ3n) is 3.68. The summed E-state index contributed by atoms with van der Waals surface area (Å²) in [6, 6.07) is 14.2. The molecule has 3 aromatic rings. The number of benzene rings is 2. The second kappa shape index (κ2) is 9.27. The van der Waals surface area contributed by atoms with Crippen LogP contribution in [0.25, 0.3) is 20.8 Å². The van der Waals surface area contributed by atoms with Crippen LogP contribution in [-0.4, -0.2) is 31.0 Å². The number of aliphatic imine (C=N–C) groups is 1. The quantitative estimate of drug-likeness (QED) is 0.382. The molecule has 0 aliphatic heterocycles. The molecule has 0 radical (unpaired) electrons. The fourth-order valence-corrected chi connectivity index (χ4v) is 3.40. The Balaban J connectivity index is 1.89. The highest BCUT2D eigenvalue weighted by Crippen LogP contribution is 2.36. The van der Waals surface area contributed by atoms with Crippen LogP contribution in [-0.2, 0) is 4.74 Å². The Hall–Kier alpha value is -2.50. The average molecular weight is 366 g/mol. The molecule has 26 heavy (non-hydrogen) atoms. The van der Waals surface area contributed by atoms with E-state index in [1.54, 1.807) is 17.6 Å². The van der Waals surface area contributed by atoms with Gasteiger partial charge in [0.15, 0.2) is 0 Å². The molecule has 4 nitrogen and oxygen atoms in total. The number of ether oxygens (including phenoxy) is 2. The van der Waals surface area contributed by atoms with Crippen molar-refractivity contribution in [3.8, 4) is 16.3 Å². The van der Waals surface area contributed by atoms with Crippen molar-refractivity contribution >= 4 is 33.5 Å². The molecule has 0 amide bonds. The zero-order chi connectivity index (χ0) is 18.2. The van der Waals surface area contributed by atoms with Crippen LogP contribution >= 0.6 is 11.3 Å². The van der Waals surface area contributed by atoms with Crippen molar-refractivity contribution in [3.63, 3.8) is 0 Å². The largest absolute Gasteiger partial charge is 0.489 e. The van der Waals surface area contributed by atoms with Gasteiger partial charge < -0.3 is 9.47 Å². The first-order chi connectivity index (χ1) is 12.8. The first-order valence-corrected chi connectivity index (χ1v) is 9.49. The predicted octanol–water partition coefficient (Wildman–Crippen LogP) is 5.66. The number of rotatable bonds is 8. The van der Waals surface area contributed by atoms with Gasteiger partial charge in [-0.2, -0.15) is 0 Å². The van der Waals surface area contributed by atoms with Crippen molar-refractivity contribution in [2.75, 3.05) is 19.8 Å². The molecule has 0 saturated carbocycles. The summed E-state index contributed by atoms with van der Waals surface area (Å²) in [7, 11) is 0. The van der Waals surface area contributed by atoms with E-state index in [1.807, 2.05) is 62.4 Å². The topological polar surface area (TPSA) is 43.7 Å². The van der Waals surface area contributed by atoms with E-state index in [0.29, 0.717) is 19.8 Å². The first-order valence-electron chi connectivity index (χ1n) is 8.67. The lowest BCUT2D eigenvalue weighted by atomic mass is 10.2. The number of allylic oxidation sites excluding steroid dienone is 2. The number of hydrogen-bond donors (Lipinski definition) is 0. The smallest absolute Gasteiger partial charge is 0.145 e. The standard InChI is InChI=1S/C21H22N2O2S/c1-3-5-12-22-18-15-16(10-11-19(18)25-14-13-24-4-2)21-23-17-8-6-7-9-20(17)26-21/h3,5-12,15H,4,13-14H2,1-2H3/b5-3+,22-12?. The molecule has 2 aromatic carbocycles. The maximum Gasteiger partial charge on any atom is 0.145 e. The van der Waals surface area contributed by atoms with Gasteiger partial charge in [0, 0.05) is 18.4 Å². The number of hydrogen-bond acceptors (Lipinski definition) is 5. The summed E-state index contributed by atoms with van der Waals surface area (Å²) in [5.41, 5.74) is 2.84. The van der Waals surface area contributed by atoms with Crippen LogP contribution in [0, 0.1) is 0 Å². The number of aromatic nitrogens is 1. The molecule has 1 aromatic heterocycles. The van der Waals surface area contributed by atoms with Crippen LogP contribution in [0.15, 0.2) is 59.6 Å². The van der Waals surface area contributed by atoms with Gasteiger partial charge >= 0.3 is 0 Å². The van der Waals surface area contributed by atoms with E-state index in [9.17, 15) is 0 Å². The minimum absolute atomic E-state index is 0.500. The third kappa shape index (κ3) is 4.56. The Kier molecular flexibility index (Phi) is 6.52. The highest BCUT2D eigenvalue weighted by molar-refractivity contribution is 7.21. The zero-order valence-corrected chi connectivity index (χ0v) is 15.8. The molecule has 3 rings (SSSR count). The Morgan fingerprint density at radius 1 is 1.15 bits per heavy atom. The van der Waals surface area contributed by atoms with Gasteiger partial charge in [-0.3, -0.25) is 4.99 Å². The summed E-state index contributed by atoms with van der Waals surface area (Å²) in [4.78, 5) is 9.26. The van der Waals surface area contributed by atoms with E-state index in [0.717, 1.165) is 27.5 Å². The van der Waals surface area contributed by atoms with E-state index < -0.39 is 0 Å². The van der Waals surface area contributed by atoms with Crippen LogP contribution in [0.4, 0.5) is 5.69 Å². The van der Waals surface area contributed by atoms with E-state index >= 15 is 0 Å². The minimum atomic E-state index is 0.500. The van der Waals surface area contributed by atoms with Crippen LogP contribution in [0.5, 0.6) is 5.75 Å². The molecule has 0 fully saturated rings. The fraction of sp³-hybridized carbons (Fsp3) is 0.238. The number of thiazole rings is 1. The van der Waals surface area contributed by atoms with Crippen molar-refractivity contribution < 1.29 is 9.47 Å². The van der Waals surface area contributed by atoms with Gasteiger partial charge in [0.1, 0.15) is 23.1 Å². The number of nitrogens with zero attached hydrogens (tertiary/aromatic N) is 2. The molecule has 5 heteroatoms. The van der Waals surface area contributed by atoms with E-state index in [4.69, 9.17) is 14.5 Å². The Morgan fingerprint density at radius 3 is 2.85 bits per heavy atom. The average Bonchev–Trinajstić information content (AvgIpc) is 3.10. The maximum absolute atomic E-state index is 5.84. The van der Waals surface area contributed by atoms with E-state index in [1.165, 1.54) is 4.70 Å². The lowest BCUT2D eigenvalue weighted by molar-refractivity contribution is 0.110. The molecule has 0 unspecified atom stereocenters. The summed E-state index contributed by atoms with van der Waals surface area (Å²) in [5, 5.41) is 0.981. The molecule has 0 spiro atoms. The maximum atomic E-state index is 5.84. The fourth-order valence-electron chi connectivity index (χ4n) is 2.43. The van der Waals surface area contributed by atoms with Crippen molar-refractivity contribution in [1.29, 1.82) is 0 Å². The van der Waals surface area contributed by atoms with Gasteiger partial charge in [0.2, 0.25) is 0 Å². The Morgan fingerprint density at radius 2 is 2.04 bits per heavy atom. The van der Waals surface area contributed by atoms with Crippen molar-refractivity contribution in [3.05, 3.63) is 54.6 Å².